The van der Waals surface area contributed by atoms with E-state index >= 15 is 0 Å². The van der Waals surface area contributed by atoms with Crippen molar-refractivity contribution in [3.05, 3.63) is 40.6 Å². The smallest absolute Gasteiger partial charge is 0.278 e. The van der Waals surface area contributed by atoms with Gasteiger partial charge in [-0.3, -0.25) is 15.1 Å². The summed E-state index contributed by atoms with van der Waals surface area (Å²) in [4.78, 5) is 14.9. The molecular formula is C14H17N3O4. The molecule has 7 heteroatoms. The topological polar surface area (TPSA) is 86.5 Å². The molecule has 1 atom stereocenters. The standard InChI is InChI=1S/C14H17N3O4/c1-20-9-10(21-2)8-16-12-5-6-13(17(18)19)11-4-3-7-15-14(11)12/h3-7,10,16H,8-9H2,1-2H3. The molecule has 0 saturated carbocycles. The van der Waals surface area contributed by atoms with Crippen molar-refractivity contribution in [2.45, 2.75) is 6.10 Å². The maximum atomic E-state index is 11.0. The number of hydrogen-bond acceptors (Lipinski definition) is 6. The van der Waals surface area contributed by atoms with E-state index < -0.39 is 4.92 Å². The van der Waals surface area contributed by atoms with E-state index in [1.807, 2.05) is 0 Å². The van der Waals surface area contributed by atoms with Crippen molar-refractivity contribution in [2.24, 2.45) is 0 Å². The molecule has 0 spiro atoms. The Bertz CT molecular complexity index is 633. The number of aromatic nitrogens is 1. The second kappa shape index (κ2) is 6.96. The molecule has 7 nitrogen and oxygen atoms in total. The highest BCUT2D eigenvalue weighted by atomic mass is 16.6. The molecule has 2 aromatic rings. The van der Waals surface area contributed by atoms with Crippen LogP contribution in [0.1, 0.15) is 0 Å². The number of nitro groups is 1. The highest BCUT2D eigenvalue weighted by Crippen LogP contribution is 2.29. The number of pyridine rings is 1. The highest BCUT2D eigenvalue weighted by molar-refractivity contribution is 5.96. The average molecular weight is 291 g/mol. The predicted molar refractivity (Wildman–Crippen MR) is 79.6 cm³/mol. The molecule has 1 N–H and O–H groups in total. The minimum Gasteiger partial charge on any atom is -0.382 e. The van der Waals surface area contributed by atoms with Crippen LogP contribution >= 0.6 is 0 Å². The lowest BCUT2D eigenvalue weighted by Gasteiger charge is -2.16. The van der Waals surface area contributed by atoms with E-state index in [-0.39, 0.29) is 11.8 Å². The number of hydrogen-bond donors (Lipinski definition) is 1. The molecule has 0 aliphatic carbocycles. The number of non-ortho nitro benzene ring substituents is 1. The number of ether oxygens (including phenoxy) is 2. The van der Waals surface area contributed by atoms with Gasteiger partial charge in [-0.05, 0) is 18.2 Å². The van der Waals surface area contributed by atoms with E-state index in [1.54, 1.807) is 38.6 Å². The fourth-order valence-electron chi connectivity index (χ4n) is 2.08. The minimum atomic E-state index is -0.406. The lowest BCUT2D eigenvalue weighted by Crippen LogP contribution is -2.26. The van der Waals surface area contributed by atoms with Gasteiger partial charge in [-0.25, -0.2) is 0 Å². The zero-order valence-electron chi connectivity index (χ0n) is 11.9. The first-order valence-electron chi connectivity index (χ1n) is 6.45. The number of methoxy groups -OCH3 is 2. The van der Waals surface area contributed by atoms with Crippen LogP contribution in [0.5, 0.6) is 0 Å². The summed E-state index contributed by atoms with van der Waals surface area (Å²) >= 11 is 0. The first kappa shape index (κ1) is 15.1. The maximum Gasteiger partial charge on any atom is 0.278 e. The van der Waals surface area contributed by atoms with Crippen molar-refractivity contribution in [3.8, 4) is 0 Å². The molecule has 0 aliphatic heterocycles. The first-order valence-corrected chi connectivity index (χ1v) is 6.45. The van der Waals surface area contributed by atoms with E-state index in [2.05, 4.69) is 10.3 Å². The summed E-state index contributed by atoms with van der Waals surface area (Å²) < 4.78 is 10.3. The number of nitro benzene ring substituents is 1. The lowest BCUT2D eigenvalue weighted by atomic mass is 10.1. The fourth-order valence-corrected chi connectivity index (χ4v) is 2.08. The Labute approximate surface area is 122 Å². The Morgan fingerprint density at radius 1 is 1.38 bits per heavy atom. The summed E-state index contributed by atoms with van der Waals surface area (Å²) in [6, 6.07) is 6.51. The zero-order chi connectivity index (χ0) is 15.2. The van der Waals surface area contributed by atoms with Gasteiger partial charge in [0.1, 0.15) is 5.52 Å². The van der Waals surface area contributed by atoms with Crippen LogP contribution in [0.3, 0.4) is 0 Å². The van der Waals surface area contributed by atoms with Crippen LogP contribution in [0.15, 0.2) is 30.5 Å². The highest BCUT2D eigenvalue weighted by Gasteiger charge is 2.15. The number of nitrogens with one attached hydrogen (secondary N) is 1. The molecule has 112 valence electrons. The zero-order valence-corrected chi connectivity index (χ0v) is 11.9. The lowest BCUT2D eigenvalue weighted by molar-refractivity contribution is -0.383. The molecular weight excluding hydrogens is 274 g/mol. The molecule has 1 heterocycles. The summed E-state index contributed by atoms with van der Waals surface area (Å²) in [7, 11) is 3.21. The molecule has 1 unspecified atom stereocenters. The summed E-state index contributed by atoms with van der Waals surface area (Å²) in [5, 5.41) is 14.8. The number of nitrogens with zero attached hydrogens (tertiary/aromatic N) is 2. The van der Waals surface area contributed by atoms with Crippen LogP contribution in [-0.2, 0) is 9.47 Å². The number of rotatable bonds is 7. The van der Waals surface area contributed by atoms with Crippen LogP contribution in [0.25, 0.3) is 10.9 Å². The Morgan fingerprint density at radius 3 is 2.86 bits per heavy atom. The van der Waals surface area contributed by atoms with Gasteiger partial charge in [-0.2, -0.15) is 0 Å². The Kier molecular flexibility index (Phi) is 5.02. The van der Waals surface area contributed by atoms with Gasteiger partial charge < -0.3 is 14.8 Å². The summed E-state index contributed by atoms with van der Waals surface area (Å²) in [5.41, 5.74) is 1.34. The second-order valence-corrected chi connectivity index (χ2v) is 4.48. The Balaban J connectivity index is 2.29. The van der Waals surface area contributed by atoms with Gasteiger partial charge >= 0.3 is 0 Å². The van der Waals surface area contributed by atoms with Crippen LogP contribution in [0, 0.1) is 10.1 Å². The molecule has 1 aromatic carbocycles. The van der Waals surface area contributed by atoms with E-state index in [4.69, 9.17) is 9.47 Å². The molecule has 1 aromatic heterocycles. The molecule has 21 heavy (non-hydrogen) atoms. The third kappa shape index (κ3) is 3.45. The van der Waals surface area contributed by atoms with Gasteiger partial charge in [-0.15, -0.1) is 0 Å². The molecule has 0 amide bonds. The van der Waals surface area contributed by atoms with E-state index in [0.29, 0.717) is 24.1 Å². The van der Waals surface area contributed by atoms with Crippen molar-refractivity contribution < 1.29 is 14.4 Å². The average Bonchev–Trinajstić information content (AvgIpc) is 2.50. The quantitative estimate of drug-likeness (QED) is 0.621. The monoisotopic (exact) mass is 291 g/mol. The number of anilines is 1. The third-order valence-electron chi connectivity index (χ3n) is 3.15. The Hall–Kier alpha value is -2.25. The van der Waals surface area contributed by atoms with E-state index in [0.717, 1.165) is 5.69 Å². The maximum absolute atomic E-state index is 11.0. The summed E-state index contributed by atoms with van der Waals surface area (Å²) in [5.74, 6) is 0. The van der Waals surface area contributed by atoms with Gasteiger partial charge in [0.25, 0.3) is 5.69 Å². The van der Waals surface area contributed by atoms with E-state index in [1.165, 1.54) is 6.07 Å². The SMILES string of the molecule is COCC(CNc1ccc([N+](=O)[O-])c2cccnc12)OC. The largest absolute Gasteiger partial charge is 0.382 e. The van der Waals surface area contributed by atoms with Gasteiger partial charge in [0, 0.05) is 33.0 Å². The third-order valence-corrected chi connectivity index (χ3v) is 3.15. The van der Waals surface area contributed by atoms with Gasteiger partial charge in [0.05, 0.1) is 28.7 Å². The minimum absolute atomic E-state index is 0.0452. The summed E-state index contributed by atoms with van der Waals surface area (Å²) in [6.07, 6.45) is 1.50. The van der Waals surface area contributed by atoms with Crippen molar-refractivity contribution in [2.75, 3.05) is 32.7 Å². The van der Waals surface area contributed by atoms with Crippen molar-refractivity contribution in [1.82, 2.24) is 4.98 Å². The number of benzene rings is 1. The van der Waals surface area contributed by atoms with Crippen LogP contribution < -0.4 is 5.32 Å². The molecule has 0 fully saturated rings. The second-order valence-electron chi connectivity index (χ2n) is 4.48. The fraction of sp³-hybridized carbons (Fsp3) is 0.357. The molecule has 2 rings (SSSR count). The van der Waals surface area contributed by atoms with E-state index in [9.17, 15) is 10.1 Å². The number of fused-ring (bicyclic) bond motifs is 1. The van der Waals surface area contributed by atoms with Gasteiger partial charge in [0.15, 0.2) is 0 Å². The van der Waals surface area contributed by atoms with Gasteiger partial charge in [-0.1, -0.05) is 0 Å². The molecule has 0 saturated heterocycles. The van der Waals surface area contributed by atoms with Crippen molar-refractivity contribution in [1.29, 1.82) is 0 Å². The van der Waals surface area contributed by atoms with Crippen LogP contribution in [0.2, 0.25) is 0 Å². The molecule has 0 radical (unpaired) electrons. The normalized spacial score (nSPS) is 12.3. The Morgan fingerprint density at radius 2 is 2.19 bits per heavy atom. The van der Waals surface area contributed by atoms with Crippen molar-refractivity contribution in [3.63, 3.8) is 0 Å². The van der Waals surface area contributed by atoms with Crippen LogP contribution in [0.4, 0.5) is 11.4 Å². The van der Waals surface area contributed by atoms with Crippen LogP contribution in [-0.4, -0.2) is 43.4 Å². The van der Waals surface area contributed by atoms with Gasteiger partial charge in [0.2, 0.25) is 0 Å². The molecule has 0 bridgehead atoms. The summed E-state index contributed by atoms with van der Waals surface area (Å²) in [6.45, 7) is 0.982. The predicted octanol–water partition coefficient (Wildman–Crippen LogP) is 2.22. The first-order chi connectivity index (χ1) is 10.2. The molecule has 0 aliphatic rings. The van der Waals surface area contributed by atoms with Crippen molar-refractivity contribution >= 4 is 22.3 Å².